The fourth-order valence-electron chi connectivity index (χ4n) is 6.48. The number of morpholine rings is 1. The van der Waals surface area contributed by atoms with Crippen LogP contribution in [0.25, 0.3) is 10.9 Å². The molecule has 0 bridgehead atoms. The molecule has 2 aliphatic heterocycles. The molecule has 0 spiro atoms. The number of pyridine rings is 1. The first-order valence-corrected chi connectivity index (χ1v) is 16.8. The van der Waals surface area contributed by atoms with Gasteiger partial charge in [0.1, 0.15) is 35.1 Å². The number of benzene rings is 1. The van der Waals surface area contributed by atoms with Crippen LogP contribution in [0.5, 0.6) is 5.75 Å². The van der Waals surface area contributed by atoms with Crippen molar-refractivity contribution in [1.82, 2.24) is 25.4 Å². The standard InChI is InChI=1S/C36H49N5O8/c1-8-22-19-36(22,32(44)45)39-30(42)27-18-24(21-41(27)31(43)29(34(2,3)4)38-33(46)49-35(5,6)7)48-28-17-23(20-40-13-15-47-16-14-40)37-26-12-10-9-11-25(26)28/h8-12,17,22,24,27,29H,1,13-16,18-21H2,2-7H3,(H,38,46)(H,39,42)(H,44,45)/t22-,24+,27-,29+,36?/m0/s1. The number of para-hydroxylation sites is 1. The van der Waals surface area contributed by atoms with Gasteiger partial charge >= 0.3 is 12.1 Å². The van der Waals surface area contributed by atoms with E-state index in [1.807, 2.05) is 51.1 Å². The average Bonchev–Trinajstić information content (AvgIpc) is 3.58. The van der Waals surface area contributed by atoms with Gasteiger partial charge in [0.05, 0.1) is 31.0 Å². The number of likely N-dealkylation sites (tertiary alicyclic amines) is 1. The molecule has 3 heterocycles. The first kappa shape index (κ1) is 36.1. The summed E-state index contributed by atoms with van der Waals surface area (Å²) < 4.78 is 17.6. The quantitative estimate of drug-likeness (QED) is 0.317. The van der Waals surface area contributed by atoms with Crippen molar-refractivity contribution < 1.29 is 38.5 Å². The Balaban J connectivity index is 1.45. The Morgan fingerprint density at radius 3 is 2.45 bits per heavy atom. The van der Waals surface area contributed by atoms with E-state index in [1.165, 1.54) is 11.0 Å². The topological polar surface area (TPSA) is 160 Å². The third-order valence-electron chi connectivity index (χ3n) is 9.16. The third-order valence-corrected chi connectivity index (χ3v) is 9.16. The Kier molecular flexibility index (Phi) is 10.3. The number of hydrogen-bond acceptors (Lipinski definition) is 9. The highest BCUT2D eigenvalue weighted by atomic mass is 16.6. The van der Waals surface area contributed by atoms with Gasteiger partial charge in [-0.1, -0.05) is 39.0 Å². The van der Waals surface area contributed by atoms with Crippen LogP contribution in [0.3, 0.4) is 0 Å². The molecule has 3 amide bonds. The Bertz CT molecular complexity index is 1590. The molecule has 13 nitrogen and oxygen atoms in total. The van der Waals surface area contributed by atoms with Crippen molar-refractivity contribution in [2.75, 3.05) is 32.8 Å². The summed E-state index contributed by atoms with van der Waals surface area (Å²) in [5.41, 5.74) is -1.48. The summed E-state index contributed by atoms with van der Waals surface area (Å²) in [5, 5.41) is 16.2. The highest BCUT2D eigenvalue weighted by molar-refractivity contribution is 5.96. The molecular weight excluding hydrogens is 630 g/mol. The molecule has 49 heavy (non-hydrogen) atoms. The Morgan fingerprint density at radius 2 is 1.84 bits per heavy atom. The summed E-state index contributed by atoms with van der Waals surface area (Å²) in [7, 11) is 0. The van der Waals surface area contributed by atoms with Crippen LogP contribution in [0.2, 0.25) is 0 Å². The number of carbonyl (C=O) groups is 4. The first-order chi connectivity index (χ1) is 23.0. The second-order valence-corrected chi connectivity index (χ2v) is 15.3. The van der Waals surface area contributed by atoms with Crippen molar-refractivity contribution >= 4 is 34.8 Å². The van der Waals surface area contributed by atoms with Gasteiger partial charge in [0, 0.05) is 43.4 Å². The molecule has 2 saturated heterocycles. The fraction of sp³-hybridized carbons (Fsp3) is 0.583. The lowest BCUT2D eigenvalue weighted by atomic mass is 9.85. The van der Waals surface area contributed by atoms with Gasteiger partial charge in [0.2, 0.25) is 11.8 Å². The smallest absolute Gasteiger partial charge is 0.408 e. The van der Waals surface area contributed by atoms with Gasteiger partial charge in [-0.05, 0) is 44.7 Å². The van der Waals surface area contributed by atoms with Crippen molar-refractivity contribution in [3.8, 4) is 5.75 Å². The zero-order chi connectivity index (χ0) is 35.7. The fourth-order valence-corrected chi connectivity index (χ4v) is 6.48. The van der Waals surface area contributed by atoms with Gasteiger partial charge in [0.15, 0.2) is 0 Å². The van der Waals surface area contributed by atoms with E-state index in [1.54, 1.807) is 20.8 Å². The van der Waals surface area contributed by atoms with Crippen LogP contribution in [0.15, 0.2) is 43.0 Å². The molecule has 1 aromatic heterocycles. The molecule has 0 radical (unpaired) electrons. The molecule has 3 N–H and O–H groups in total. The number of nitrogens with zero attached hydrogens (tertiary/aromatic N) is 3. The lowest BCUT2D eigenvalue weighted by Gasteiger charge is -2.35. The summed E-state index contributed by atoms with van der Waals surface area (Å²) in [6, 6.07) is 7.41. The molecule has 13 heteroatoms. The zero-order valence-corrected chi connectivity index (χ0v) is 29.3. The molecule has 1 aliphatic carbocycles. The van der Waals surface area contributed by atoms with Crippen LogP contribution < -0.4 is 15.4 Å². The highest BCUT2D eigenvalue weighted by Crippen LogP contribution is 2.45. The minimum atomic E-state index is -1.49. The molecule has 2 aromatic rings. The SMILES string of the molecule is C=C[C@H]1CC1(NC(=O)[C@@H]1C[C@@H](Oc2cc(CN3CCOCC3)nc3ccccc23)CN1C(=O)[C@@H](NC(=O)OC(C)(C)C)C(C)(C)C)C(=O)O. The van der Waals surface area contributed by atoms with Gasteiger partial charge < -0.3 is 34.9 Å². The van der Waals surface area contributed by atoms with E-state index < -0.39 is 64.5 Å². The van der Waals surface area contributed by atoms with E-state index in [2.05, 4.69) is 22.1 Å². The van der Waals surface area contributed by atoms with Gasteiger partial charge in [-0.25, -0.2) is 9.59 Å². The van der Waals surface area contributed by atoms with Gasteiger partial charge in [0.25, 0.3) is 0 Å². The molecule has 1 aromatic carbocycles. The number of aliphatic carboxylic acids is 1. The minimum absolute atomic E-state index is 0.0277. The predicted octanol–water partition coefficient (Wildman–Crippen LogP) is 3.50. The maximum absolute atomic E-state index is 14.4. The van der Waals surface area contributed by atoms with E-state index in [0.29, 0.717) is 25.5 Å². The molecule has 1 saturated carbocycles. The van der Waals surface area contributed by atoms with Crippen LogP contribution in [0.4, 0.5) is 4.79 Å². The first-order valence-electron chi connectivity index (χ1n) is 16.8. The number of hydrogen-bond donors (Lipinski definition) is 3. The number of carbonyl (C=O) groups excluding carboxylic acids is 3. The number of rotatable bonds is 10. The number of fused-ring (bicyclic) bond motifs is 1. The summed E-state index contributed by atoms with van der Waals surface area (Å²) in [4.78, 5) is 62.0. The molecule has 3 fully saturated rings. The number of amides is 3. The molecule has 5 atom stereocenters. The largest absolute Gasteiger partial charge is 0.488 e. The van der Waals surface area contributed by atoms with E-state index >= 15 is 0 Å². The molecule has 1 unspecified atom stereocenters. The predicted molar refractivity (Wildman–Crippen MR) is 182 cm³/mol. The number of carboxylic acid groups (broad SMARTS) is 1. The highest BCUT2D eigenvalue weighted by Gasteiger charge is 2.61. The van der Waals surface area contributed by atoms with Crippen LogP contribution >= 0.6 is 0 Å². The third kappa shape index (κ3) is 8.33. The second-order valence-electron chi connectivity index (χ2n) is 15.3. The van der Waals surface area contributed by atoms with E-state index in [-0.39, 0.29) is 19.4 Å². The summed E-state index contributed by atoms with van der Waals surface area (Å²) in [5.74, 6) is -2.13. The summed E-state index contributed by atoms with van der Waals surface area (Å²) in [6.07, 6.45) is 0.435. The molecule has 266 valence electrons. The average molecular weight is 680 g/mol. The second kappa shape index (κ2) is 13.9. The lowest BCUT2D eigenvalue weighted by Crippen LogP contribution is -2.59. The summed E-state index contributed by atoms with van der Waals surface area (Å²) >= 11 is 0. The van der Waals surface area contributed by atoms with Crippen molar-refractivity contribution in [3.63, 3.8) is 0 Å². The Hall–Kier alpha value is -4.23. The maximum atomic E-state index is 14.4. The number of ether oxygens (including phenoxy) is 3. The number of nitrogens with one attached hydrogen (secondary N) is 2. The minimum Gasteiger partial charge on any atom is -0.488 e. The van der Waals surface area contributed by atoms with Gasteiger partial charge in [-0.15, -0.1) is 6.58 Å². The lowest BCUT2D eigenvalue weighted by molar-refractivity contribution is -0.146. The normalized spacial score (nSPS) is 24.9. The van der Waals surface area contributed by atoms with Gasteiger partial charge in [-0.2, -0.15) is 0 Å². The monoisotopic (exact) mass is 679 g/mol. The number of aromatic nitrogens is 1. The Morgan fingerprint density at radius 1 is 1.14 bits per heavy atom. The van der Waals surface area contributed by atoms with E-state index in [9.17, 15) is 24.3 Å². The van der Waals surface area contributed by atoms with Crippen molar-refractivity contribution in [2.45, 2.75) is 90.3 Å². The van der Waals surface area contributed by atoms with E-state index in [0.717, 1.165) is 29.7 Å². The summed E-state index contributed by atoms with van der Waals surface area (Å²) in [6.45, 7) is 17.8. The molecule has 3 aliphatic rings. The van der Waals surface area contributed by atoms with Crippen LogP contribution in [0.1, 0.15) is 60.1 Å². The van der Waals surface area contributed by atoms with Crippen LogP contribution in [-0.2, 0) is 30.4 Å². The molecule has 5 rings (SSSR count). The number of carboxylic acids is 1. The van der Waals surface area contributed by atoms with Crippen LogP contribution in [-0.4, -0.2) is 106 Å². The van der Waals surface area contributed by atoms with Crippen LogP contribution in [0, 0.1) is 11.3 Å². The van der Waals surface area contributed by atoms with E-state index in [4.69, 9.17) is 19.2 Å². The zero-order valence-electron chi connectivity index (χ0n) is 29.3. The van der Waals surface area contributed by atoms with Crippen molar-refractivity contribution in [1.29, 1.82) is 0 Å². The molecular formula is C36H49N5O8. The van der Waals surface area contributed by atoms with Crippen molar-refractivity contribution in [2.24, 2.45) is 11.3 Å². The van der Waals surface area contributed by atoms with Crippen molar-refractivity contribution in [3.05, 3.63) is 48.7 Å². The Labute approximate surface area is 287 Å². The van der Waals surface area contributed by atoms with Gasteiger partial charge in [-0.3, -0.25) is 19.5 Å². The maximum Gasteiger partial charge on any atom is 0.408 e. The number of alkyl carbamates (subject to hydrolysis) is 1.